The Labute approximate surface area is 167 Å². The van der Waals surface area contributed by atoms with E-state index in [0.29, 0.717) is 0 Å². The van der Waals surface area contributed by atoms with Crippen LogP contribution in [0.15, 0.2) is 0 Å². The number of aliphatic hydroxyl groups excluding tert-OH is 1. The molecule has 2 N–H and O–H groups in total. The number of unbranched alkanes of at least 4 members (excludes halogenated alkanes) is 8. The maximum Gasteiger partial charge on any atom is 1.00 e. The molecule has 0 saturated heterocycles. The van der Waals surface area contributed by atoms with Gasteiger partial charge < -0.3 is 24.2 Å². The Morgan fingerprint density at radius 1 is 1.04 bits per heavy atom. The molecule has 0 aliphatic heterocycles. The Kier molecular flexibility index (Phi) is 18.9. The van der Waals surface area contributed by atoms with E-state index in [1.807, 2.05) is 0 Å². The average Bonchev–Trinajstić information content (AvgIpc) is 2.48. The number of aliphatic hydroxyl groups is 1. The number of esters is 1. The number of phosphoric acid groups is 1. The molecular formula is C15H30NaO7P. The number of rotatable bonds is 15. The van der Waals surface area contributed by atoms with Crippen LogP contribution in [-0.4, -0.2) is 35.3 Å². The third-order valence-corrected chi connectivity index (χ3v) is 3.83. The molecule has 0 aliphatic carbocycles. The largest absolute Gasteiger partial charge is 1.00 e. The molecule has 0 rings (SSSR count). The van der Waals surface area contributed by atoms with Crippen LogP contribution in [0.3, 0.4) is 0 Å². The molecular weight excluding hydrogens is 346 g/mol. The number of phosphoric ester groups is 1. The van der Waals surface area contributed by atoms with Gasteiger partial charge in [0.25, 0.3) is 7.82 Å². The van der Waals surface area contributed by atoms with E-state index in [9.17, 15) is 19.4 Å². The van der Waals surface area contributed by atoms with Crippen molar-refractivity contribution in [3.05, 3.63) is 0 Å². The topological polar surface area (TPSA) is 116 Å². The minimum absolute atomic E-state index is 0. The van der Waals surface area contributed by atoms with Crippen molar-refractivity contribution in [2.24, 2.45) is 0 Å². The zero-order valence-corrected chi connectivity index (χ0v) is 17.8. The smallest absolute Gasteiger partial charge is 0.756 e. The summed E-state index contributed by atoms with van der Waals surface area (Å²) in [5, 5.41) is 9.32. The number of hydrogen-bond acceptors (Lipinski definition) is 6. The summed E-state index contributed by atoms with van der Waals surface area (Å²) in [4.78, 5) is 30.1. The normalized spacial score (nSPS) is 14.5. The minimum Gasteiger partial charge on any atom is -0.756 e. The molecule has 0 bridgehead atoms. The van der Waals surface area contributed by atoms with Crippen molar-refractivity contribution in [1.82, 2.24) is 0 Å². The molecule has 1 unspecified atom stereocenters. The first kappa shape index (κ1) is 26.8. The van der Waals surface area contributed by atoms with Gasteiger partial charge in [-0.1, -0.05) is 58.3 Å². The SMILES string of the molecule is CCCCCCCCCCCC(=O)OC[C@@H](O)COP(=O)([O-])O.[Na+]. The summed E-state index contributed by atoms with van der Waals surface area (Å²) < 4.78 is 19.1. The second-order valence-corrected chi connectivity index (χ2v) is 6.87. The van der Waals surface area contributed by atoms with Gasteiger partial charge in [-0.15, -0.1) is 0 Å². The maximum absolute atomic E-state index is 11.4. The van der Waals surface area contributed by atoms with Gasteiger partial charge in [-0.2, -0.15) is 0 Å². The summed E-state index contributed by atoms with van der Waals surface area (Å²) in [6, 6.07) is 0. The molecule has 24 heavy (non-hydrogen) atoms. The Balaban J connectivity index is 0. The zero-order valence-electron chi connectivity index (χ0n) is 14.9. The van der Waals surface area contributed by atoms with Crippen LogP contribution >= 0.6 is 7.82 Å². The van der Waals surface area contributed by atoms with E-state index in [0.717, 1.165) is 19.3 Å². The van der Waals surface area contributed by atoms with Crippen molar-refractivity contribution in [1.29, 1.82) is 0 Å². The Morgan fingerprint density at radius 3 is 2.04 bits per heavy atom. The Bertz CT molecular complexity index is 349. The number of ether oxygens (including phenoxy) is 1. The monoisotopic (exact) mass is 376 g/mol. The predicted molar refractivity (Wildman–Crippen MR) is 84.6 cm³/mol. The second-order valence-electron chi connectivity index (χ2n) is 5.68. The summed E-state index contributed by atoms with van der Waals surface area (Å²) in [6.07, 6.45) is 9.37. The van der Waals surface area contributed by atoms with Gasteiger partial charge in [0.05, 0.1) is 6.61 Å². The maximum atomic E-state index is 11.4. The Hall–Kier alpha value is 0.540. The predicted octanol–water partition coefficient (Wildman–Crippen LogP) is -0.707. The summed E-state index contributed by atoms with van der Waals surface area (Å²) in [6.45, 7) is 1.21. The second kappa shape index (κ2) is 17.0. The van der Waals surface area contributed by atoms with Crippen LogP contribution in [0, 0.1) is 0 Å². The van der Waals surface area contributed by atoms with Gasteiger partial charge in [0.1, 0.15) is 12.7 Å². The van der Waals surface area contributed by atoms with E-state index in [1.54, 1.807) is 0 Å². The minimum atomic E-state index is -4.86. The molecule has 0 radical (unpaired) electrons. The van der Waals surface area contributed by atoms with Gasteiger partial charge in [-0.05, 0) is 6.42 Å². The van der Waals surface area contributed by atoms with Gasteiger partial charge in [0.2, 0.25) is 0 Å². The molecule has 2 atom stereocenters. The zero-order chi connectivity index (χ0) is 17.6. The van der Waals surface area contributed by atoms with Crippen LogP contribution in [0.4, 0.5) is 0 Å². The third-order valence-electron chi connectivity index (χ3n) is 3.35. The van der Waals surface area contributed by atoms with Crippen LogP contribution in [0.25, 0.3) is 0 Å². The molecule has 0 heterocycles. The van der Waals surface area contributed by atoms with Crippen LogP contribution in [0.2, 0.25) is 0 Å². The van der Waals surface area contributed by atoms with Gasteiger partial charge in [0.15, 0.2) is 0 Å². The molecule has 0 saturated carbocycles. The quantitative estimate of drug-likeness (QED) is 0.168. The summed E-state index contributed by atoms with van der Waals surface area (Å²) in [5.74, 6) is -0.429. The molecule has 7 nitrogen and oxygen atoms in total. The third kappa shape index (κ3) is 20.6. The van der Waals surface area contributed by atoms with Crippen molar-refractivity contribution < 1.29 is 63.1 Å². The first-order chi connectivity index (χ1) is 10.8. The van der Waals surface area contributed by atoms with Crippen LogP contribution < -0.4 is 34.5 Å². The van der Waals surface area contributed by atoms with Gasteiger partial charge in [-0.25, -0.2) is 0 Å². The molecule has 0 aromatic rings. The van der Waals surface area contributed by atoms with Gasteiger partial charge in [-0.3, -0.25) is 9.36 Å². The van der Waals surface area contributed by atoms with Crippen molar-refractivity contribution in [3.63, 3.8) is 0 Å². The summed E-state index contributed by atoms with van der Waals surface area (Å²) in [5.41, 5.74) is 0. The first-order valence-electron chi connectivity index (χ1n) is 8.37. The van der Waals surface area contributed by atoms with Crippen molar-refractivity contribution >= 4 is 13.8 Å². The fourth-order valence-corrected chi connectivity index (χ4v) is 2.43. The van der Waals surface area contributed by atoms with Gasteiger partial charge in [0, 0.05) is 6.42 Å². The molecule has 138 valence electrons. The molecule has 0 aromatic heterocycles. The number of carbonyl (C=O) groups excluding carboxylic acids is 1. The van der Waals surface area contributed by atoms with E-state index >= 15 is 0 Å². The van der Waals surface area contributed by atoms with Gasteiger partial charge >= 0.3 is 35.5 Å². The first-order valence-corrected chi connectivity index (χ1v) is 9.86. The molecule has 9 heteroatoms. The number of carbonyl (C=O) groups is 1. The number of hydrogen-bond donors (Lipinski definition) is 2. The van der Waals surface area contributed by atoms with Crippen molar-refractivity contribution in [2.45, 2.75) is 77.2 Å². The van der Waals surface area contributed by atoms with Crippen molar-refractivity contribution in [3.8, 4) is 0 Å². The Morgan fingerprint density at radius 2 is 1.54 bits per heavy atom. The molecule has 0 aliphatic rings. The van der Waals surface area contributed by atoms with Crippen LogP contribution in [0.1, 0.15) is 71.1 Å². The van der Waals surface area contributed by atoms with E-state index in [4.69, 9.17) is 9.63 Å². The molecule has 0 fully saturated rings. The molecule has 0 aromatic carbocycles. The fourth-order valence-electron chi connectivity index (χ4n) is 2.07. The summed E-state index contributed by atoms with van der Waals surface area (Å²) >= 11 is 0. The summed E-state index contributed by atoms with van der Waals surface area (Å²) in [7, 11) is -4.86. The molecule has 0 spiro atoms. The average molecular weight is 376 g/mol. The van der Waals surface area contributed by atoms with Crippen LogP contribution in [-0.2, 0) is 18.6 Å². The van der Waals surface area contributed by atoms with E-state index in [-0.39, 0.29) is 42.6 Å². The van der Waals surface area contributed by atoms with E-state index < -0.39 is 26.5 Å². The van der Waals surface area contributed by atoms with Crippen LogP contribution in [0.5, 0.6) is 0 Å². The molecule has 0 amide bonds. The van der Waals surface area contributed by atoms with Crippen molar-refractivity contribution in [2.75, 3.05) is 13.2 Å². The fraction of sp³-hybridized carbons (Fsp3) is 0.933. The standard InChI is InChI=1S/C15H31O7P.Na/c1-2-3-4-5-6-7-8-9-10-11-15(17)21-12-14(16)13-22-23(18,19)20;/h14,16H,2-13H2,1H3,(H2,18,19,20);/q;+1/p-1/t14-;/m1./s1. The van der Waals surface area contributed by atoms with E-state index in [1.165, 1.54) is 38.5 Å². The van der Waals surface area contributed by atoms with E-state index in [2.05, 4.69) is 11.4 Å².